The molecule has 1 aromatic heterocycles. The van der Waals surface area contributed by atoms with Crippen molar-refractivity contribution in [3.05, 3.63) is 51.4 Å². The Morgan fingerprint density at radius 2 is 2.03 bits per heavy atom. The van der Waals surface area contributed by atoms with Gasteiger partial charge in [-0.2, -0.15) is 5.26 Å². The molecule has 1 aliphatic carbocycles. The molecular weight excluding hydrogens is 378 g/mol. The SMILES string of the molecule is CC(C)(C)C1CCc2c(sc(NC(=O)CN3CCc4ccccc4C3)c2C#N)C1. The first-order chi connectivity index (χ1) is 13.8. The van der Waals surface area contributed by atoms with Crippen molar-refractivity contribution in [2.45, 2.75) is 53.0 Å². The van der Waals surface area contributed by atoms with Crippen LogP contribution in [-0.2, 0) is 30.6 Å². The molecule has 0 bridgehead atoms. The van der Waals surface area contributed by atoms with Gasteiger partial charge in [0.05, 0.1) is 12.1 Å². The zero-order valence-electron chi connectivity index (χ0n) is 17.5. The third kappa shape index (κ3) is 4.24. The van der Waals surface area contributed by atoms with Crippen LogP contribution in [0.2, 0.25) is 0 Å². The third-order valence-electron chi connectivity index (χ3n) is 6.43. The zero-order valence-corrected chi connectivity index (χ0v) is 18.4. The first-order valence-corrected chi connectivity index (χ1v) is 11.3. The van der Waals surface area contributed by atoms with Gasteiger partial charge in [0.25, 0.3) is 0 Å². The predicted molar refractivity (Wildman–Crippen MR) is 118 cm³/mol. The number of anilines is 1. The molecule has 5 heteroatoms. The Hall–Kier alpha value is -2.16. The highest BCUT2D eigenvalue weighted by Crippen LogP contribution is 2.44. The van der Waals surface area contributed by atoms with E-state index >= 15 is 0 Å². The molecule has 0 saturated heterocycles. The molecule has 4 nitrogen and oxygen atoms in total. The van der Waals surface area contributed by atoms with Crippen molar-refractivity contribution in [3.63, 3.8) is 0 Å². The number of rotatable bonds is 3. The maximum atomic E-state index is 12.7. The first-order valence-electron chi connectivity index (χ1n) is 10.5. The summed E-state index contributed by atoms with van der Waals surface area (Å²) in [5.74, 6) is 0.601. The van der Waals surface area contributed by atoms with Gasteiger partial charge in [0.15, 0.2) is 0 Å². The lowest BCUT2D eigenvalue weighted by molar-refractivity contribution is -0.117. The van der Waals surface area contributed by atoms with Crippen LogP contribution in [0.25, 0.3) is 0 Å². The van der Waals surface area contributed by atoms with Crippen LogP contribution < -0.4 is 5.32 Å². The van der Waals surface area contributed by atoms with Crippen molar-refractivity contribution < 1.29 is 4.79 Å². The second-order valence-corrected chi connectivity index (χ2v) is 10.5. The van der Waals surface area contributed by atoms with Gasteiger partial charge in [-0.05, 0) is 53.7 Å². The van der Waals surface area contributed by atoms with Gasteiger partial charge in [-0.3, -0.25) is 9.69 Å². The summed E-state index contributed by atoms with van der Waals surface area (Å²) in [5.41, 5.74) is 4.82. The number of nitriles is 1. The van der Waals surface area contributed by atoms with E-state index in [-0.39, 0.29) is 11.3 Å². The van der Waals surface area contributed by atoms with Gasteiger partial charge in [-0.15, -0.1) is 11.3 Å². The van der Waals surface area contributed by atoms with Crippen molar-refractivity contribution in [2.24, 2.45) is 11.3 Å². The number of nitrogens with one attached hydrogen (secondary N) is 1. The average Bonchev–Trinajstić information content (AvgIpc) is 3.03. The predicted octanol–water partition coefficient (Wildman–Crippen LogP) is 4.77. The highest BCUT2D eigenvalue weighted by molar-refractivity contribution is 7.16. The standard InChI is InChI=1S/C24H29N3OS/c1-24(2,3)18-8-9-19-20(13-25)23(29-21(19)12-18)26-22(28)15-27-11-10-16-6-4-5-7-17(16)14-27/h4-7,18H,8-12,14-15H2,1-3H3,(H,26,28). The smallest absolute Gasteiger partial charge is 0.239 e. The molecule has 1 aromatic carbocycles. The molecule has 4 rings (SSSR count). The molecule has 2 aromatic rings. The average molecular weight is 408 g/mol. The Labute approximate surface area is 177 Å². The van der Waals surface area contributed by atoms with E-state index in [0.717, 1.165) is 43.8 Å². The summed E-state index contributed by atoms with van der Waals surface area (Å²) in [6.45, 7) is 8.95. The van der Waals surface area contributed by atoms with E-state index in [1.807, 2.05) is 0 Å². The van der Waals surface area contributed by atoms with Crippen molar-refractivity contribution in [1.82, 2.24) is 4.90 Å². The van der Waals surface area contributed by atoms with E-state index in [1.54, 1.807) is 11.3 Å². The van der Waals surface area contributed by atoms with Crippen LogP contribution in [0.4, 0.5) is 5.00 Å². The number of hydrogen-bond acceptors (Lipinski definition) is 4. The number of carbonyl (C=O) groups is 1. The fourth-order valence-electron chi connectivity index (χ4n) is 4.59. The largest absolute Gasteiger partial charge is 0.315 e. The molecule has 0 fully saturated rings. The van der Waals surface area contributed by atoms with Crippen LogP contribution in [0, 0.1) is 22.7 Å². The monoisotopic (exact) mass is 407 g/mol. The quantitative estimate of drug-likeness (QED) is 0.797. The summed E-state index contributed by atoms with van der Waals surface area (Å²) in [6, 6.07) is 10.8. The molecule has 1 atom stereocenters. The highest BCUT2D eigenvalue weighted by Gasteiger charge is 2.32. The maximum Gasteiger partial charge on any atom is 0.239 e. The molecule has 29 heavy (non-hydrogen) atoms. The number of amides is 1. The number of carbonyl (C=O) groups excluding carboxylic acids is 1. The van der Waals surface area contributed by atoms with E-state index < -0.39 is 0 Å². The number of thiophene rings is 1. The molecule has 2 aliphatic rings. The van der Waals surface area contributed by atoms with Crippen molar-refractivity contribution in [2.75, 3.05) is 18.4 Å². The van der Waals surface area contributed by atoms with Gasteiger partial charge in [0, 0.05) is 18.0 Å². The molecular formula is C24H29N3OS. The maximum absolute atomic E-state index is 12.7. The Bertz CT molecular complexity index is 963. The summed E-state index contributed by atoms with van der Waals surface area (Å²) in [6.07, 6.45) is 4.04. The minimum Gasteiger partial charge on any atom is -0.315 e. The normalized spacial score (nSPS) is 19.2. The molecule has 1 N–H and O–H groups in total. The molecule has 0 spiro atoms. The van der Waals surface area contributed by atoms with Crippen molar-refractivity contribution in [3.8, 4) is 6.07 Å². The highest BCUT2D eigenvalue weighted by atomic mass is 32.1. The van der Waals surface area contributed by atoms with Gasteiger partial charge in [0.2, 0.25) is 5.91 Å². The van der Waals surface area contributed by atoms with E-state index in [4.69, 9.17) is 0 Å². The van der Waals surface area contributed by atoms with Gasteiger partial charge < -0.3 is 5.32 Å². The van der Waals surface area contributed by atoms with Crippen LogP contribution in [0.5, 0.6) is 0 Å². The Balaban J connectivity index is 1.44. The van der Waals surface area contributed by atoms with E-state index in [1.165, 1.54) is 21.6 Å². The van der Waals surface area contributed by atoms with Crippen LogP contribution >= 0.6 is 11.3 Å². The first kappa shape index (κ1) is 20.1. The molecule has 2 heterocycles. The third-order valence-corrected chi connectivity index (χ3v) is 7.60. The zero-order chi connectivity index (χ0) is 20.6. The molecule has 1 aliphatic heterocycles. The summed E-state index contributed by atoms with van der Waals surface area (Å²) in [4.78, 5) is 16.2. The van der Waals surface area contributed by atoms with Crippen LogP contribution in [-0.4, -0.2) is 23.9 Å². The molecule has 152 valence electrons. The van der Waals surface area contributed by atoms with Gasteiger partial charge in [0.1, 0.15) is 11.1 Å². The molecule has 1 amide bonds. The fourth-order valence-corrected chi connectivity index (χ4v) is 5.88. The summed E-state index contributed by atoms with van der Waals surface area (Å²) in [7, 11) is 0. The Morgan fingerprint density at radius 3 is 2.76 bits per heavy atom. The number of benzene rings is 1. The van der Waals surface area contributed by atoms with Crippen LogP contribution in [0.1, 0.15) is 54.3 Å². The summed E-state index contributed by atoms with van der Waals surface area (Å²) in [5, 5.41) is 13.5. The van der Waals surface area contributed by atoms with Crippen molar-refractivity contribution in [1.29, 1.82) is 5.26 Å². The Morgan fingerprint density at radius 1 is 1.28 bits per heavy atom. The lowest BCUT2D eigenvalue weighted by Crippen LogP contribution is -2.37. The van der Waals surface area contributed by atoms with Gasteiger partial charge in [-0.25, -0.2) is 0 Å². The van der Waals surface area contributed by atoms with Crippen LogP contribution in [0.15, 0.2) is 24.3 Å². The topological polar surface area (TPSA) is 56.1 Å². The summed E-state index contributed by atoms with van der Waals surface area (Å²) >= 11 is 1.61. The second kappa shape index (κ2) is 7.93. The molecule has 1 unspecified atom stereocenters. The molecule has 0 saturated carbocycles. The number of nitrogens with zero attached hydrogens (tertiary/aromatic N) is 2. The van der Waals surface area contributed by atoms with E-state index in [9.17, 15) is 10.1 Å². The van der Waals surface area contributed by atoms with Crippen LogP contribution in [0.3, 0.4) is 0 Å². The minimum atomic E-state index is -0.0214. The van der Waals surface area contributed by atoms with Gasteiger partial charge in [-0.1, -0.05) is 45.0 Å². The minimum absolute atomic E-state index is 0.0214. The lowest BCUT2D eigenvalue weighted by atomic mass is 9.72. The fraction of sp³-hybridized carbons (Fsp3) is 0.500. The van der Waals surface area contributed by atoms with E-state index in [0.29, 0.717) is 18.0 Å². The van der Waals surface area contributed by atoms with E-state index in [2.05, 4.69) is 61.3 Å². The van der Waals surface area contributed by atoms with Gasteiger partial charge >= 0.3 is 0 Å². The number of hydrogen-bond donors (Lipinski definition) is 1. The molecule has 0 radical (unpaired) electrons. The summed E-state index contributed by atoms with van der Waals surface area (Å²) < 4.78 is 0. The Kier molecular flexibility index (Phi) is 5.50. The number of fused-ring (bicyclic) bond motifs is 2. The second-order valence-electron chi connectivity index (χ2n) is 9.40. The lowest BCUT2D eigenvalue weighted by Gasteiger charge is -2.33. The van der Waals surface area contributed by atoms with Crippen molar-refractivity contribution >= 4 is 22.2 Å².